The molecule has 0 saturated heterocycles. The molecule has 0 fully saturated rings. The molecule has 0 aliphatic carbocycles. The molecule has 0 heterocycles. The fourth-order valence-electron chi connectivity index (χ4n) is 4.26. The van der Waals surface area contributed by atoms with Gasteiger partial charge in [0.1, 0.15) is 0 Å². The van der Waals surface area contributed by atoms with Crippen LogP contribution in [0.5, 0.6) is 0 Å². The summed E-state index contributed by atoms with van der Waals surface area (Å²) in [5, 5.41) is 22.1. The van der Waals surface area contributed by atoms with Crippen molar-refractivity contribution in [3.8, 4) is 0 Å². The van der Waals surface area contributed by atoms with Gasteiger partial charge in [0.25, 0.3) is 0 Å². The predicted molar refractivity (Wildman–Crippen MR) is 145 cm³/mol. The van der Waals surface area contributed by atoms with Crippen molar-refractivity contribution in [3.05, 3.63) is 83.0 Å². The maximum atomic E-state index is 12.1. The molecule has 2 aromatic rings. The zero-order valence-corrected chi connectivity index (χ0v) is 21.6. The third-order valence-corrected chi connectivity index (χ3v) is 6.62. The minimum absolute atomic E-state index is 0.00445. The number of fused-ring (bicyclic) bond motifs is 1. The van der Waals surface area contributed by atoms with Gasteiger partial charge in [0, 0.05) is 0 Å². The van der Waals surface area contributed by atoms with E-state index in [1.807, 2.05) is 37.3 Å². The van der Waals surface area contributed by atoms with Crippen molar-refractivity contribution in [1.82, 2.24) is 0 Å². The first-order chi connectivity index (χ1) is 16.6. The lowest BCUT2D eigenvalue weighted by Gasteiger charge is -2.24. The Morgan fingerprint density at radius 3 is 2.03 bits per heavy atom. The summed E-state index contributed by atoms with van der Waals surface area (Å²) in [6.45, 7) is 8.29. The molecule has 2 N–H and O–H groups in total. The molecule has 0 atom stereocenters. The summed E-state index contributed by atoms with van der Waals surface area (Å²) in [5.41, 5.74) is 2.99. The van der Waals surface area contributed by atoms with Gasteiger partial charge in [-0.3, -0.25) is 9.59 Å². The van der Waals surface area contributed by atoms with E-state index in [0.29, 0.717) is 12.8 Å². The van der Waals surface area contributed by atoms with Crippen molar-refractivity contribution in [2.75, 3.05) is 0 Å². The average Bonchev–Trinajstić information content (AvgIpc) is 2.80. The van der Waals surface area contributed by atoms with Gasteiger partial charge < -0.3 is 10.2 Å². The first kappa shape index (κ1) is 28.1. The van der Waals surface area contributed by atoms with Gasteiger partial charge in [0.2, 0.25) is 0 Å². The van der Waals surface area contributed by atoms with Crippen LogP contribution in [0, 0.1) is 5.41 Å². The monoisotopic (exact) mass is 476 g/mol. The van der Waals surface area contributed by atoms with Gasteiger partial charge in [-0.15, -0.1) is 0 Å². The summed E-state index contributed by atoms with van der Waals surface area (Å²) >= 11 is 0. The zero-order chi connectivity index (χ0) is 25.8. The van der Waals surface area contributed by atoms with Gasteiger partial charge in [0.05, 0.1) is 0 Å². The minimum Gasteiger partial charge on any atom is -0.480 e. The third kappa shape index (κ3) is 8.86. The largest absolute Gasteiger partial charge is 0.480 e. The number of carbonyl (C=O) groups is 2. The Hall–Kier alpha value is -3.14. The fourth-order valence-corrected chi connectivity index (χ4v) is 4.26. The quantitative estimate of drug-likeness (QED) is 0.213. The van der Waals surface area contributed by atoms with Gasteiger partial charge in [-0.25, -0.2) is 0 Å². The molecule has 0 amide bonds. The fraction of sp³-hybridized carbons (Fsp3) is 0.419. The van der Waals surface area contributed by atoms with E-state index >= 15 is 0 Å². The van der Waals surface area contributed by atoms with Crippen LogP contribution < -0.4 is 0 Å². The highest BCUT2D eigenvalue weighted by Gasteiger charge is 2.45. The molecule has 4 nitrogen and oxygen atoms in total. The van der Waals surface area contributed by atoms with E-state index in [0.717, 1.165) is 47.6 Å². The highest BCUT2D eigenvalue weighted by molar-refractivity contribution is 5.98. The lowest BCUT2D eigenvalue weighted by Crippen LogP contribution is -2.39. The van der Waals surface area contributed by atoms with E-state index in [1.165, 1.54) is 11.1 Å². The van der Waals surface area contributed by atoms with Gasteiger partial charge in [-0.1, -0.05) is 77.4 Å². The number of hydrogen-bond donors (Lipinski definition) is 2. The molecule has 4 heteroatoms. The van der Waals surface area contributed by atoms with Gasteiger partial charge >= 0.3 is 11.9 Å². The molecule has 35 heavy (non-hydrogen) atoms. The van der Waals surface area contributed by atoms with E-state index in [9.17, 15) is 19.8 Å². The number of benzene rings is 2. The first-order valence-corrected chi connectivity index (χ1v) is 12.5. The lowest BCUT2D eigenvalue weighted by molar-refractivity contribution is -0.165. The Balaban J connectivity index is 1.97. The number of allylic oxidation sites excluding steroid dienone is 6. The molecule has 0 spiro atoms. The highest BCUT2D eigenvalue weighted by atomic mass is 16.4. The van der Waals surface area contributed by atoms with E-state index in [2.05, 4.69) is 51.1 Å². The van der Waals surface area contributed by atoms with Crippen LogP contribution in [-0.4, -0.2) is 22.2 Å². The van der Waals surface area contributed by atoms with Crippen LogP contribution >= 0.6 is 0 Å². The second-order valence-electron chi connectivity index (χ2n) is 9.89. The van der Waals surface area contributed by atoms with Crippen molar-refractivity contribution < 1.29 is 19.8 Å². The number of hydrogen-bond acceptors (Lipinski definition) is 2. The third-order valence-electron chi connectivity index (χ3n) is 6.62. The molecule has 188 valence electrons. The molecular formula is C31H40O4. The molecule has 0 radical (unpaired) electrons. The first-order valence-electron chi connectivity index (χ1n) is 12.5. The second kappa shape index (κ2) is 13.7. The van der Waals surface area contributed by atoms with E-state index in [-0.39, 0.29) is 12.8 Å². The molecular weight excluding hydrogens is 436 g/mol. The van der Waals surface area contributed by atoms with Crippen LogP contribution in [-0.2, 0) is 16.0 Å². The van der Waals surface area contributed by atoms with Crippen LogP contribution in [0.4, 0.5) is 0 Å². The van der Waals surface area contributed by atoms with Crippen LogP contribution in [0.25, 0.3) is 10.8 Å². The molecule has 0 saturated carbocycles. The number of aryl methyl sites for hydroxylation is 1. The van der Waals surface area contributed by atoms with Gasteiger partial charge in [-0.05, 0) is 95.4 Å². The second-order valence-corrected chi connectivity index (χ2v) is 9.89. The predicted octanol–water partition coefficient (Wildman–Crippen LogP) is 8.13. The molecule has 0 bridgehead atoms. The summed E-state index contributed by atoms with van der Waals surface area (Å²) in [7, 11) is 0. The maximum Gasteiger partial charge on any atom is 0.321 e. The summed E-state index contributed by atoms with van der Waals surface area (Å²) in [6.07, 6.45) is 11.3. The maximum absolute atomic E-state index is 12.1. The van der Waals surface area contributed by atoms with Crippen molar-refractivity contribution in [3.63, 3.8) is 0 Å². The SMILES string of the molecule is CC(C)=CCCC(C)=CCCC(C)=CCC(CCCc1ccc2ccccc2c1)(C(=O)O)C(=O)O. The Morgan fingerprint density at radius 1 is 0.800 bits per heavy atom. The molecule has 0 unspecified atom stereocenters. The summed E-state index contributed by atoms with van der Waals surface area (Å²) in [4.78, 5) is 24.2. The molecule has 2 aromatic carbocycles. The normalized spacial score (nSPS) is 12.6. The molecule has 0 aromatic heterocycles. The van der Waals surface area contributed by atoms with E-state index < -0.39 is 17.4 Å². The number of carboxylic acid groups (broad SMARTS) is 2. The number of carboxylic acids is 2. The molecule has 0 aliphatic heterocycles. The Morgan fingerprint density at radius 2 is 1.40 bits per heavy atom. The summed E-state index contributed by atoms with van der Waals surface area (Å²) < 4.78 is 0. The van der Waals surface area contributed by atoms with Crippen molar-refractivity contribution in [2.24, 2.45) is 5.41 Å². The average molecular weight is 477 g/mol. The Kier molecular flexibility index (Phi) is 11.0. The highest BCUT2D eigenvalue weighted by Crippen LogP contribution is 2.32. The van der Waals surface area contributed by atoms with Gasteiger partial charge in [-0.2, -0.15) is 0 Å². The summed E-state index contributed by atoms with van der Waals surface area (Å²) in [6, 6.07) is 14.3. The Labute approximate surface area is 210 Å². The Bertz CT molecular complexity index is 1090. The van der Waals surface area contributed by atoms with Crippen LogP contribution in [0.2, 0.25) is 0 Å². The summed E-state index contributed by atoms with van der Waals surface area (Å²) in [5.74, 6) is -2.52. The topological polar surface area (TPSA) is 74.6 Å². The van der Waals surface area contributed by atoms with Crippen LogP contribution in [0.15, 0.2) is 77.4 Å². The van der Waals surface area contributed by atoms with Gasteiger partial charge in [0.15, 0.2) is 5.41 Å². The van der Waals surface area contributed by atoms with Crippen molar-refractivity contribution in [1.29, 1.82) is 0 Å². The van der Waals surface area contributed by atoms with Crippen LogP contribution in [0.3, 0.4) is 0 Å². The van der Waals surface area contributed by atoms with E-state index in [4.69, 9.17) is 0 Å². The number of rotatable bonds is 14. The van der Waals surface area contributed by atoms with Crippen molar-refractivity contribution >= 4 is 22.7 Å². The lowest BCUT2D eigenvalue weighted by atomic mass is 9.78. The minimum atomic E-state index is -1.80. The van der Waals surface area contributed by atoms with E-state index in [1.54, 1.807) is 0 Å². The zero-order valence-electron chi connectivity index (χ0n) is 21.6. The van der Waals surface area contributed by atoms with Crippen molar-refractivity contribution in [2.45, 2.75) is 79.1 Å². The molecule has 2 rings (SSSR count). The van der Waals surface area contributed by atoms with Crippen LogP contribution in [0.1, 0.15) is 78.2 Å². The smallest absolute Gasteiger partial charge is 0.321 e. The molecule has 0 aliphatic rings. The standard InChI is InChI=1S/C31H40O4/c1-23(2)10-7-11-24(3)12-8-13-25(4)19-21-31(29(32)33,30(34)35)20-9-14-26-17-18-27-15-5-6-16-28(27)22-26/h5-6,10,12,15-19,22H,7-9,11,13-14,20-21H2,1-4H3,(H,32,33)(H,34,35). The number of aliphatic carboxylic acids is 2.